The Morgan fingerprint density at radius 2 is 1.62 bits per heavy atom. The Labute approximate surface area is 152 Å². The molecule has 5 nitrogen and oxygen atoms in total. The van der Waals surface area contributed by atoms with Gasteiger partial charge in [-0.1, -0.05) is 12.1 Å². The van der Waals surface area contributed by atoms with Crippen LogP contribution in [0.25, 0.3) is 0 Å². The fourth-order valence-corrected chi connectivity index (χ4v) is 4.44. The number of anilines is 1. The molecule has 0 atom stereocenters. The van der Waals surface area contributed by atoms with Crippen molar-refractivity contribution >= 4 is 21.6 Å². The summed E-state index contributed by atoms with van der Waals surface area (Å²) in [5, 5.41) is 2.70. The van der Waals surface area contributed by atoms with Crippen molar-refractivity contribution in [2.75, 3.05) is 18.4 Å². The van der Waals surface area contributed by atoms with Gasteiger partial charge in [-0.3, -0.25) is 4.79 Å². The highest BCUT2D eigenvalue weighted by molar-refractivity contribution is 7.89. The summed E-state index contributed by atoms with van der Waals surface area (Å²) in [6.45, 7) is 1.15. The van der Waals surface area contributed by atoms with Crippen LogP contribution in [0.3, 0.4) is 0 Å². The summed E-state index contributed by atoms with van der Waals surface area (Å²) in [7, 11) is -3.41. The van der Waals surface area contributed by atoms with E-state index in [4.69, 9.17) is 0 Å². The SMILES string of the molecule is O=C(CCc1ccc(S(=O)(=O)N2CCCC2)cc1)Nc1ccc(F)cc1. The maximum Gasteiger partial charge on any atom is 0.243 e. The highest BCUT2D eigenvalue weighted by Gasteiger charge is 2.26. The highest BCUT2D eigenvalue weighted by atomic mass is 32.2. The Bertz CT molecular complexity index is 859. The average Bonchev–Trinajstić information content (AvgIpc) is 3.18. The van der Waals surface area contributed by atoms with Gasteiger partial charge in [-0.05, 0) is 61.2 Å². The number of benzene rings is 2. The van der Waals surface area contributed by atoms with E-state index in [2.05, 4.69) is 5.32 Å². The van der Waals surface area contributed by atoms with Gasteiger partial charge in [-0.15, -0.1) is 0 Å². The summed E-state index contributed by atoms with van der Waals surface area (Å²) in [5.74, 6) is -0.530. The molecule has 1 fully saturated rings. The summed E-state index contributed by atoms with van der Waals surface area (Å²) >= 11 is 0. The van der Waals surface area contributed by atoms with Gasteiger partial charge in [0.15, 0.2) is 0 Å². The fourth-order valence-electron chi connectivity index (χ4n) is 2.92. The molecule has 26 heavy (non-hydrogen) atoms. The lowest BCUT2D eigenvalue weighted by atomic mass is 10.1. The molecule has 3 rings (SSSR count). The largest absolute Gasteiger partial charge is 0.326 e. The van der Waals surface area contributed by atoms with E-state index in [9.17, 15) is 17.6 Å². The van der Waals surface area contributed by atoms with Crippen LogP contribution in [0.2, 0.25) is 0 Å². The fraction of sp³-hybridized carbons (Fsp3) is 0.316. The van der Waals surface area contributed by atoms with Crippen LogP contribution >= 0.6 is 0 Å². The Kier molecular flexibility index (Phi) is 5.68. The predicted octanol–water partition coefficient (Wildman–Crippen LogP) is 3.18. The molecular formula is C19H21FN2O3S. The van der Waals surface area contributed by atoms with Crippen LogP contribution in [-0.2, 0) is 21.2 Å². The number of nitrogens with zero attached hydrogens (tertiary/aromatic N) is 1. The molecule has 7 heteroatoms. The molecule has 0 unspecified atom stereocenters. The third-order valence-electron chi connectivity index (χ3n) is 4.39. The number of rotatable bonds is 6. The first-order valence-corrected chi connectivity index (χ1v) is 10.0. The molecule has 0 saturated carbocycles. The van der Waals surface area contributed by atoms with Crippen LogP contribution in [0, 0.1) is 5.82 Å². The van der Waals surface area contributed by atoms with Crippen molar-refractivity contribution in [3.05, 3.63) is 59.9 Å². The quantitative estimate of drug-likeness (QED) is 0.842. The smallest absolute Gasteiger partial charge is 0.243 e. The molecule has 0 spiro atoms. The summed E-state index contributed by atoms with van der Waals surface area (Å²) < 4.78 is 39.3. The first-order valence-electron chi connectivity index (χ1n) is 8.60. The lowest BCUT2D eigenvalue weighted by Crippen LogP contribution is -2.27. The Morgan fingerprint density at radius 1 is 1.00 bits per heavy atom. The van der Waals surface area contributed by atoms with Gasteiger partial charge in [-0.2, -0.15) is 4.31 Å². The van der Waals surface area contributed by atoms with Gasteiger partial charge in [0.05, 0.1) is 4.90 Å². The lowest BCUT2D eigenvalue weighted by molar-refractivity contribution is -0.116. The summed E-state index contributed by atoms with van der Waals surface area (Å²) in [5.41, 5.74) is 1.43. The number of aryl methyl sites for hydroxylation is 1. The number of carbonyl (C=O) groups is 1. The second kappa shape index (κ2) is 7.97. The molecule has 1 heterocycles. The molecule has 1 aliphatic heterocycles. The van der Waals surface area contributed by atoms with Gasteiger partial charge in [0.1, 0.15) is 5.82 Å². The van der Waals surface area contributed by atoms with Crippen LogP contribution in [0.15, 0.2) is 53.4 Å². The van der Waals surface area contributed by atoms with Gasteiger partial charge < -0.3 is 5.32 Å². The van der Waals surface area contributed by atoms with Crippen LogP contribution in [0.4, 0.5) is 10.1 Å². The van der Waals surface area contributed by atoms with Crippen molar-refractivity contribution in [2.24, 2.45) is 0 Å². The van der Waals surface area contributed by atoms with E-state index >= 15 is 0 Å². The van der Waals surface area contributed by atoms with Crippen molar-refractivity contribution in [2.45, 2.75) is 30.6 Å². The summed E-state index contributed by atoms with van der Waals surface area (Å²) in [6.07, 6.45) is 2.56. The van der Waals surface area contributed by atoms with Gasteiger partial charge in [0.2, 0.25) is 15.9 Å². The van der Waals surface area contributed by atoms with Crippen LogP contribution in [0.1, 0.15) is 24.8 Å². The zero-order valence-electron chi connectivity index (χ0n) is 14.3. The topological polar surface area (TPSA) is 66.5 Å². The van der Waals surface area contributed by atoms with Crippen molar-refractivity contribution in [1.29, 1.82) is 0 Å². The van der Waals surface area contributed by atoms with Crippen LogP contribution in [-0.4, -0.2) is 31.7 Å². The molecule has 1 amide bonds. The number of carbonyl (C=O) groups excluding carboxylic acids is 1. The Balaban J connectivity index is 1.55. The van der Waals surface area contributed by atoms with E-state index in [0.29, 0.717) is 30.1 Å². The molecule has 2 aromatic carbocycles. The van der Waals surface area contributed by atoms with Crippen molar-refractivity contribution in [1.82, 2.24) is 4.31 Å². The molecule has 0 bridgehead atoms. The number of nitrogens with one attached hydrogen (secondary N) is 1. The van der Waals surface area contributed by atoms with E-state index in [1.807, 2.05) is 0 Å². The van der Waals surface area contributed by atoms with Gasteiger partial charge in [-0.25, -0.2) is 12.8 Å². The monoisotopic (exact) mass is 376 g/mol. The second-order valence-corrected chi connectivity index (χ2v) is 8.25. The normalized spacial score (nSPS) is 15.1. The number of hydrogen-bond donors (Lipinski definition) is 1. The summed E-state index contributed by atoms with van der Waals surface area (Å²) in [6, 6.07) is 12.3. The van der Waals surface area contributed by atoms with Gasteiger partial charge in [0, 0.05) is 25.2 Å². The molecule has 0 aromatic heterocycles. The van der Waals surface area contributed by atoms with Crippen molar-refractivity contribution in [3.63, 3.8) is 0 Å². The molecular weight excluding hydrogens is 355 g/mol. The molecule has 0 radical (unpaired) electrons. The van der Waals surface area contributed by atoms with Crippen LogP contribution < -0.4 is 5.32 Å². The number of hydrogen-bond acceptors (Lipinski definition) is 3. The molecule has 1 aliphatic rings. The molecule has 0 aliphatic carbocycles. The van der Waals surface area contributed by atoms with E-state index in [-0.39, 0.29) is 18.1 Å². The first kappa shape index (κ1) is 18.5. The lowest BCUT2D eigenvalue weighted by Gasteiger charge is -2.15. The van der Waals surface area contributed by atoms with Gasteiger partial charge >= 0.3 is 0 Å². The van der Waals surface area contributed by atoms with E-state index in [1.54, 1.807) is 24.3 Å². The van der Waals surface area contributed by atoms with E-state index in [0.717, 1.165) is 18.4 Å². The highest BCUT2D eigenvalue weighted by Crippen LogP contribution is 2.21. The third kappa shape index (κ3) is 4.47. The Morgan fingerprint density at radius 3 is 2.23 bits per heavy atom. The molecule has 138 valence electrons. The van der Waals surface area contributed by atoms with Crippen molar-refractivity contribution in [3.8, 4) is 0 Å². The van der Waals surface area contributed by atoms with E-state index in [1.165, 1.54) is 28.6 Å². The molecule has 1 saturated heterocycles. The maximum atomic E-state index is 12.9. The number of amides is 1. The molecule has 1 N–H and O–H groups in total. The number of sulfonamides is 1. The first-order chi connectivity index (χ1) is 12.4. The second-order valence-electron chi connectivity index (χ2n) is 6.31. The average molecular weight is 376 g/mol. The molecule has 2 aromatic rings. The zero-order valence-corrected chi connectivity index (χ0v) is 15.1. The minimum Gasteiger partial charge on any atom is -0.326 e. The van der Waals surface area contributed by atoms with Crippen LogP contribution in [0.5, 0.6) is 0 Å². The number of halogens is 1. The summed E-state index contributed by atoms with van der Waals surface area (Å²) in [4.78, 5) is 12.3. The Hall–Kier alpha value is -2.25. The van der Waals surface area contributed by atoms with Crippen molar-refractivity contribution < 1.29 is 17.6 Å². The minimum atomic E-state index is -3.41. The van der Waals surface area contributed by atoms with E-state index < -0.39 is 10.0 Å². The predicted molar refractivity (Wildman–Crippen MR) is 97.8 cm³/mol. The minimum absolute atomic E-state index is 0.176. The zero-order chi connectivity index (χ0) is 18.6. The standard InChI is InChI=1S/C19H21FN2O3S/c20-16-6-8-17(9-7-16)21-19(23)12-5-15-3-10-18(11-4-15)26(24,25)22-13-1-2-14-22/h3-4,6-11H,1-2,5,12-14H2,(H,21,23). The third-order valence-corrected chi connectivity index (χ3v) is 6.31. The maximum absolute atomic E-state index is 12.9. The van der Waals surface area contributed by atoms with Gasteiger partial charge in [0.25, 0.3) is 0 Å².